The molecule has 1 aromatic heterocycles. The maximum atomic E-state index is 12.6. The molecule has 1 saturated heterocycles. The Balaban J connectivity index is 1.25. The summed E-state index contributed by atoms with van der Waals surface area (Å²) in [4.78, 5) is 30.8. The fourth-order valence-electron chi connectivity index (χ4n) is 3.52. The lowest BCUT2D eigenvalue weighted by Gasteiger charge is -2.34. The molecule has 0 N–H and O–H groups in total. The highest BCUT2D eigenvalue weighted by molar-refractivity contribution is 5.92. The molecule has 33 heavy (non-hydrogen) atoms. The molecule has 2 aromatic carbocycles. The van der Waals surface area contributed by atoms with E-state index in [0.29, 0.717) is 38.6 Å². The molecular weight excluding hydrogens is 420 g/mol. The van der Waals surface area contributed by atoms with Gasteiger partial charge in [-0.25, -0.2) is 4.98 Å². The van der Waals surface area contributed by atoms with Crippen molar-refractivity contribution in [1.82, 2.24) is 9.88 Å². The number of aromatic nitrogens is 1. The van der Waals surface area contributed by atoms with Crippen molar-refractivity contribution in [3.63, 3.8) is 0 Å². The summed E-state index contributed by atoms with van der Waals surface area (Å²) in [7, 11) is 0. The highest BCUT2D eigenvalue weighted by Gasteiger charge is 2.21. The summed E-state index contributed by atoms with van der Waals surface area (Å²) in [6.45, 7) is 2.88. The van der Waals surface area contributed by atoms with E-state index in [1.165, 1.54) is 12.3 Å². The molecule has 2 heterocycles. The largest absolute Gasteiger partial charge is 0.489 e. The molecule has 1 amide bonds. The predicted molar refractivity (Wildman–Crippen MR) is 126 cm³/mol. The summed E-state index contributed by atoms with van der Waals surface area (Å²) in [5.74, 6) is 1.41. The molecule has 1 fully saturated rings. The Morgan fingerprint density at radius 3 is 2.36 bits per heavy atom. The molecule has 1 aliphatic rings. The lowest BCUT2D eigenvalue weighted by molar-refractivity contribution is -0.385. The topological polar surface area (TPSA) is 88.8 Å². The van der Waals surface area contributed by atoms with Gasteiger partial charge in [-0.1, -0.05) is 42.5 Å². The lowest BCUT2D eigenvalue weighted by Crippen LogP contribution is -2.48. The van der Waals surface area contributed by atoms with E-state index in [-0.39, 0.29) is 11.6 Å². The normalized spacial score (nSPS) is 13.8. The molecule has 168 valence electrons. The van der Waals surface area contributed by atoms with E-state index in [1.54, 1.807) is 23.1 Å². The van der Waals surface area contributed by atoms with Crippen LogP contribution in [0.2, 0.25) is 0 Å². The molecule has 0 bridgehead atoms. The minimum Gasteiger partial charge on any atom is -0.489 e. The monoisotopic (exact) mass is 444 g/mol. The van der Waals surface area contributed by atoms with Gasteiger partial charge in [0.2, 0.25) is 5.91 Å². The molecule has 0 radical (unpaired) electrons. The SMILES string of the molecule is O=C(/C=C/c1ccc(OCc2ccccc2)cc1)N1CCN(c2ccc([N+](=O)[O-])cn2)CC1. The highest BCUT2D eigenvalue weighted by atomic mass is 16.6. The molecule has 0 spiro atoms. The highest BCUT2D eigenvalue weighted by Crippen LogP contribution is 2.18. The standard InChI is InChI=1S/C25H24N4O4/c30-25(28-16-14-27(15-17-28)24-12-9-22(18-26-24)29(31)32)13-8-20-6-10-23(11-7-20)33-19-21-4-2-1-3-5-21/h1-13,18H,14-17,19H2/b13-8+. The van der Waals surface area contributed by atoms with Crippen molar-refractivity contribution in [2.75, 3.05) is 31.1 Å². The van der Waals surface area contributed by atoms with Crippen LogP contribution in [0.25, 0.3) is 6.08 Å². The maximum absolute atomic E-state index is 12.6. The number of hydrogen-bond acceptors (Lipinski definition) is 6. The number of benzene rings is 2. The smallest absolute Gasteiger partial charge is 0.287 e. The molecule has 0 aliphatic carbocycles. The van der Waals surface area contributed by atoms with E-state index in [0.717, 1.165) is 16.9 Å². The van der Waals surface area contributed by atoms with E-state index in [1.807, 2.05) is 59.5 Å². The minimum atomic E-state index is -0.467. The van der Waals surface area contributed by atoms with Crippen molar-refractivity contribution < 1.29 is 14.5 Å². The van der Waals surface area contributed by atoms with E-state index in [2.05, 4.69) is 4.98 Å². The van der Waals surface area contributed by atoms with Crippen molar-refractivity contribution >= 4 is 23.5 Å². The number of hydrogen-bond donors (Lipinski definition) is 0. The zero-order valence-electron chi connectivity index (χ0n) is 18.0. The number of carbonyl (C=O) groups excluding carboxylic acids is 1. The summed E-state index contributed by atoms with van der Waals surface area (Å²) >= 11 is 0. The van der Waals surface area contributed by atoms with Crippen LogP contribution in [-0.2, 0) is 11.4 Å². The second-order valence-corrected chi connectivity index (χ2v) is 7.62. The number of nitrogens with zero attached hydrogens (tertiary/aromatic N) is 4. The van der Waals surface area contributed by atoms with Crippen LogP contribution in [0.3, 0.4) is 0 Å². The summed E-state index contributed by atoms with van der Waals surface area (Å²) in [6.07, 6.45) is 4.64. The number of nitro groups is 1. The molecule has 8 nitrogen and oxygen atoms in total. The molecule has 0 atom stereocenters. The summed E-state index contributed by atoms with van der Waals surface area (Å²) in [5, 5.41) is 10.8. The van der Waals surface area contributed by atoms with Crippen LogP contribution >= 0.6 is 0 Å². The van der Waals surface area contributed by atoms with E-state index in [4.69, 9.17) is 4.74 Å². The van der Waals surface area contributed by atoms with Gasteiger partial charge in [-0.15, -0.1) is 0 Å². The first-order valence-electron chi connectivity index (χ1n) is 10.7. The van der Waals surface area contributed by atoms with E-state index >= 15 is 0 Å². The van der Waals surface area contributed by atoms with Crippen LogP contribution in [0, 0.1) is 10.1 Å². The van der Waals surface area contributed by atoms with Gasteiger partial charge in [0.1, 0.15) is 24.4 Å². The maximum Gasteiger partial charge on any atom is 0.287 e. The predicted octanol–water partition coefficient (Wildman–Crippen LogP) is 3.93. The zero-order valence-corrected chi connectivity index (χ0v) is 18.0. The number of anilines is 1. The Bertz CT molecular complexity index is 1110. The van der Waals surface area contributed by atoms with Crippen molar-refractivity contribution in [2.45, 2.75) is 6.61 Å². The third-order valence-corrected chi connectivity index (χ3v) is 5.41. The Labute approximate surface area is 191 Å². The van der Waals surface area contributed by atoms with Gasteiger partial charge in [0.05, 0.1) is 4.92 Å². The van der Waals surface area contributed by atoms with Crippen LogP contribution in [-0.4, -0.2) is 46.9 Å². The van der Waals surface area contributed by atoms with Crippen LogP contribution in [0.5, 0.6) is 5.75 Å². The Hall–Kier alpha value is -4.20. The van der Waals surface area contributed by atoms with Crippen LogP contribution in [0.15, 0.2) is 79.0 Å². The van der Waals surface area contributed by atoms with Crippen LogP contribution in [0.1, 0.15) is 11.1 Å². The Morgan fingerprint density at radius 2 is 1.73 bits per heavy atom. The van der Waals surface area contributed by atoms with Crippen molar-refractivity contribution in [2.24, 2.45) is 0 Å². The third-order valence-electron chi connectivity index (χ3n) is 5.41. The van der Waals surface area contributed by atoms with Gasteiger partial charge in [-0.05, 0) is 35.4 Å². The Kier molecular flexibility index (Phi) is 6.94. The average Bonchev–Trinajstić information content (AvgIpc) is 2.87. The van der Waals surface area contributed by atoms with Gasteiger partial charge in [0, 0.05) is 38.3 Å². The molecule has 8 heteroatoms. The summed E-state index contributed by atoms with van der Waals surface area (Å²) in [6, 6.07) is 20.7. The van der Waals surface area contributed by atoms with Gasteiger partial charge in [-0.2, -0.15) is 0 Å². The number of ether oxygens (including phenoxy) is 1. The average molecular weight is 444 g/mol. The molecule has 3 aromatic rings. The van der Waals surface area contributed by atoms with Gasteiger partial charge in [0.15, 0.2) is 0 Å². The molecule has 4 rings (SSSR count). The number of rotatable bonds is 7. The van der Waals surface area contributed by atoms with Gasteiger partial charge < -0.3 is 14.5 Å². The van der Waals surface area contributed by atoms with Crippen molar-refractivity contribution in [3.05, 3.63) is 100 Å². The first-order chi connectivity index (χ1) is 16.1. The second-order valence-electron chi connectivity index (χ2n) is 7.62. The van der Waals surface area contributed by atoms with Gasteiger partial charge in [-0.3, -0.25) is 14.9 Å². The number of carbonyl (C=O) groups is 1. The second kappa shape index (κ2) is 10.4. The quantitative estimate of drug-likeness (QED) is 0.312. The fraction of sp³-hybridized carbons (Fsp3) is 0.200. The van der Waals surface area contributed by atoms with Crippen LogP contribution < -0.4 is 9.64 Å². The molecular formula is C25H24N4O4. The first-order valence-corrected chi connectivity index (χ1v) is 10.7. The summed E-state index contributed by atoms with van der Waals surface area (Å²) < 4.78 is 5.79. The van der Waals surface area contributed by atoms with E-state index < -0.39 is 4.92 Å². The van der Waals surface area contributed by atoms with Gasteiger partial charge >= 0.3 is 0 Å². The molecule has 1 aliphatic heterocycles. The van der Waals surface area contributed by atoms with Gasteiger partial charge in [0.25, 0.3) is 5.69 Å². The first kappa shape index (κ1) is 22.0. The number of pyridine rings is 1. The fourth-order valence-corrected chi connectivity index (χ4v) is 3.52. The van der Waals surface area contributed by atoms with Crippen molar-refractivity contribution in [1.29, 1.82) is 0 Å². The zero-order chi connectivity index (χ0) is 23.0. The van der Waals surface area contributed by atoms with Crippen LogP contribution in [0.4, 0.5) is 11.5 Å². The lowest BCUT2D eigenvalue weighted by atomic mass is 10.2. The third kappa shape index (κ3) is 5.94. The van der Waals surface area contributed by atoms with Crippen molar-refractivity contribution in [3.8, 4) is 5.75 Å². The molecule has 0 unspecified atom stereocenters. The number of piperazine rings is 1. The molecule has 0 saturated carbocycles. The minimum absolute atomic E-state index is 0.0338. The number of amides is 1. The summed E-state index contributed by atoms with van der Waals surface area (Å²) in [5.41, 5.74) is 1.99. The van der Waals surface area contributed by atoms with E-state index in [9.17, 15) is 14.9 Å². The Morgan fingerprint density at radius 1 is 1.00 bits per heavy atom.